The zero-order valence-corrected chi connectivity index (χ0v) is 24.6. The lowest BCUT2D eigenvalue weighted by Crippen LogP contribution is -2.45. The monoisotopic (exact) mass is 575 g/mol. The van der Waals surface area contributed by atoms with Crippen molar-refractivity contribution in [2.24, 2.45) is 5.10 Å². The first-order chi connectivity index (χ1) is 20.1. The van der Waals surface area contributed by atoms with E-state index in [1.807, 2.05) is 39.0 Å². The van der Waals surface area contributed by atoms with Crippen molar-refractivity contribution in [3.05, 3.63) is 87.9 Å². The van der Waals surface area contributed by atoms with E-state index in [9.17, 15) is 14.7 Å². The van der Waals surface area contributed by atoms with E-state index in [0.29, 0.717) is 29.4 Å². The molecule has 0 spiro atoms. The summed E-state index contributed by atoms with van der Waals surface area (Å²) in [6.07, 6.45) is 0.568. The Hall–Kier alpha value is -4.77. The normalized spacial score (nSPS) is 15.7. The van der Waals surface area contributed by atoms with Gasteiger partial charge in [-0.15, -0.1) is 0 Å². The van der Waals surface area contributed by atoms with Crippen LogP contribution in [0.3, 0.4) is 0 Å². The summed E-state index contributed by atoms with van der Waals surface area (Å²) < 4.78 is 18.7. The van der Waals surface area contributed by atoms with Crippen molar-refractivity contribution in [2.75, 3.05) is 20.3 Å². The minimum absolute atomic E-state index is 0.116. The molecule has 0 aliphatic carbocycles. The number of carbonyl (C=O) groups is 2. The highest BCUT2D eigenvalue weighted by molar-refractivity contribution is 5.95. The number of nitrogens with one attached hydrogen (secondary N) is 3. The Morgan fingerprint density at radius 3 is 2.60 bits per heavy atom. The third-order valence-corrected chi connectivity index (χ3v) is 6.93. The number of hydrogen-bond donors (Lipinski definition) is 4. The van der Waals surface area contributed by atoms with Crippen LogP contribution in [-0.2, 0) is 9.53 Å². The van der Waals surface area contributed by atoms with E-state index in [1.165, 1.54) is 12.7 Å². The second-order valence-electron chi connectivity index (χ2n) is 9.86. The predicted molar refractivity (Wildman–Crippen MR) is 159 cm³/mol. The van der Waals surface area contributed by atoms with Crippen LogP contribution >= 0.6 is 0 Å². The van der Waals surface area contributed by atoms with Gasteiger partial charge in [-0.05, 0) is 70.0 Å². The van der Waals surface area contributed by atoms with Crippen LogP contribution < -0.4 is 25.5 Å². The minimum Gasteiger partial charge on any atom is -0.490 e. The molecule has 0 radical (unpaired) electrons. The van der Waals surface area contributed by atoms with E-state index in [2.05, 4.69) is 44.8 Å². The molecule has 0 unspecified atom stereocenters. The number of urea groups is 1. The molecule has 42 heavy (non-hydrogen) atoms. The van der Waals surface area contributed by atoms with Crippen molar-refractivity contribution in [3.8, 4) is 17.2 Å². The van der Waals surface area contributed by atoms with Crippen LogP contribution in [-0.4, -0.2) is 54.4 Å². The number of rotatable bonds is 11. The van der Waals surface area contributed by atoms with Gasteiger partial charge in [-0.1, -0.05) is 24.3 Å². The number of aliphatic hydroxyl groups excluding tert-OH is 1. The van der Waals surface area contributed by atoms with Crippen LogP contribution in [0.25, 0.3) is 5.69 Å². The van der Waals surface area contributed by atoms with E-state index in [1.54, 1.807) is 31.3 Å². The van der Waals surface area contributed by atoms with Crippen LogP contribution in [0.4, 0.5) is 4.79 Å². The summed E-state index contributed by atoms with van der Waals surface area (Å²) in [5.41, 5.74) is 9.30. The van der Waals surface area contributed by atoms with Crippen molar-refractivity contribution in [2.45, 2.75) is 46.9 Å². The number of aryl methyl sites for hydroxylation is 2. The minimum atomic E-state index is -1.10. The number of hydrogen-bond acceptors (Lipinski definition) is 8. The van der Waals surface area contributed by atoms with Gasteiger partial charge in [0, 0.05) is 28.3 Å². The molecule has 11 nitrogen and oxygen atoms in total. The zero-order chi connectivity index (χ0) is 30.4. The summed E-state index contributed by atoms with van der Waals surface area (Å²) in [6, 6.07) is 14.1. The van der Waals surface area contributed by atoms with Gasteiger partial charge in [-0.3, -0.25) is 5.43 Å². The first kappa shape index (κ1) is 30.2. The Labute approximate surface area is 245 Å². The van der Waals surface area contributed by atoms with Gasteiger partial charge in [0.2, 0.25) is 0 Å². The van der Waals surface area contributed by atoms with Gasteiger partial charge >= 0.3 is 12.0 Å². The predicted octanol–water partition coefficient (Wildman–Crippen LogP) is 3.92. The zero-order valence-electron chi connectivity index (χ0n) is 24.6. The SMILES string of the molecule is CCOc1cc([C@@H]2NC(=O)NC(C)=C2C(=O)OC)ccc1OC[C@H](O)N/N=C\c1cc(C)n(-c2ccccc2C)c1C. The number of aromatic nitrogens is 1. The quantitative estimate of drug-likeness (QED) is 0.118. The topological polar surface area (TPSA) is 135 Å². The molecule has 1 aliphatic heterocycles. The van der Waals surface area contributed by atoms with Gasteiger partial charge < -0.3 is 34.5 Å². The third-order valence-electron chi connectivity index (χ3n) is 6.93. The maximum Gasteiger partial charge on any atom is 0.337 e. The highest BCUT2D eigenvalue weighted by Crippen LogP contribution is 2.35. The fraction of sp³-hybridized carbons (Fsp3) is 0.323. The van der Waals surface area contributed by atoms with E-state index >= 15 is 0 Å². The molecule has 0 bridgehead atoms. The fourth-order valence-corrected chi connectivity index (χ4v) is 4.92. The summed E-state index contributed by atoms with van der Waals surface area (Å²) >= 11 is 0. The number of benzene rings is 2. The Morgan fingerprint density at radius 1 is 1.12 bits per heavy atom. The molecule has 1 aromatic heterocycles. The molecule has 1 aliphatic rings. The van der Waals surface area contributed by atoms with Gasteiger partial charge in [0.25, 0.3) is 0 Å². The van der Waals surface area contributed by atoms with Gasteiger partial charge in [0.05, 0.1) is 31.5 Å². The van der Waals surface area contributed by atoms with E-state index in [-0.39, 0.29) is 12.2 Å². The standard InChI is InChI=1S/C31H37N5O6/c1-7-41-26-15-22(29-28(30(38)40-6)20(4)33-31(39)34-29)12-13-25(26)42-17-27(37)35-32-16-23-14-19(3)36(21(23)5)24-11-9-8-10-18(24)2/h8-16,27,29,35,37H,7,17H2,1-6H3,(H2,33,34,39)/b32-16-/t27-,29-/m0/s1. The fourth-order valence-electron chi connectivity index (χ4n) is 4.92. The summed E-state index contributed by atoms with van der Waals surface area (Å²) in [7, 11) is 1.28. The number of aliphatic hydroxyl groups is 1. The molecule has 0 fully saturated rings. The van der Waals surface area contributed by atoms with Crippen LogP contribution in [0, 0.1) is 20.8 Å². The van der Waals surface area contributed by atoms with Crippen molar-refractivity contribution in [1.29, 1.82) is 0 Å². The first-order valence-corrected chi connectivity index (χ1v) is 13.6. The number of hydrazone groups is 1. The molecule has 11 heteroatoms. The van der Waals surface area contributed by atoms with Gasteiger partial charge in [0.1, 0.15) is 6.61 Å². The smallest absolute Gasteiger partial charge is 0.337 e. The highest BCUT2D eigenvalue weighted by atomic mass is 16.5. The second-order valence-corrected chi connectivity index (χ2v) is 9.86. The van der Waals surface area contributed by atoms with Crippen LogP contribution in [0.1, 0.15) is 48.0 Å². The first-order valence-electron chi connectivity index (χ1n) is 13.6. The Morgan fingerprint density at radius 2 is 1.88 bits per heavy atom. The maximum atomic E-state index is 12.4. The molecule has 0 saturated heterocycles. The number of methoxy groups -OCH3 is 1. The van der Waals surface area contributed by atoms with E-state index in [4.69, 9.17) is 14.2 Å². The number of amides is 2. The van der Waals surface area contributed by atoms with Crippen molar-refractivity contribution in [3.63, 3.8) is 0 Å². The molecular formula is C31H37N5O6. The van der Waals surface area contributed by atoms with Crippen LogP contribution in [0.5, 0.6) is 11.5 Å². The molecule has 2 amide bonds. The molecular weight excluding hydrogens is 538 g/mol. The van der Waals surface area contributed by atoms with E-state index < -0.39 is 24.3 Å². The molecule has 222 valence electrons. The van der Waals surface area contributed by atoms with Crippen molar-refractivity contribution < 1.29 is 28.9 Å². The van der Waals surface area contributed by atoms with Gasteiger partial charge in [0.15, 0.2) is 17.7 Å². The molecule has 2 heterocycles. The van der Waals surface area contributed by atoms with Crippen molar-refractivity contribution >= 4 is 18.2 Å². The molecule has 4 N–H and O–H groups in total. The number of carbonyl (C=O) groups excluding carboxylic acids is 2. The molecule has 2 aromatic carbocycles. The number of esters is 1. The summed E-state index contributed by atoms with van der Waals surface area (Å²) in [5.74, 6) is 0.215. The maximum absolute atomic E-state index is 12.4. The molecule has 0 saturated carbocycles. The van der Waals surface area contributed by atoms with Crippen LogP contribution in [0.15, 0.2) is 64.9 Å². The number of ether oxygens (including phenoxy) is 3. The molecule has 3 aromatic rings. The number of nitrogens with zero attached hydrogens (tertiary/aromatic N) is 2. The molecule has 4 rings (SSSR count). The van der Waals surface area contributed by atoms with Crippen molar-refractivity contribution in [1.82, 2.24) is 20.6 Å². The Kier molecular flexibility index (Phi) is 9.53. The Bertz CT molecular complexity index is 1530. The van der Waals surface area contributed by atoms with Gasteiger partial charge in [-0.25, -0.2) is 9.59 Å². The summed E-state index contributed by atoms with van der Waals surface area (Å²) in [4.78, 5) is 24.6. The van der Waals surface area contributed by atoms with Gasteiger partial charge in [-0.2, -0.15) is 5.10 Å². The largest absolute Gasteiger partial charge is 0.490 e. The van der Waals surface area contributed by atoms with E-state index in [0.717, 1.165) is 22.6 Å². The number of para-hydroxylation sites is 1. The highest BCUT2D eigenvalue weighted by Gasteiger charge is 2.32. The third kappa shape index (κ3) is 6.58. The second kappa shape index (κ2) is 13.3. The molecule has 2 atom stereocenters. The summed E-state index contributed by atoms with van der Waals surface area (Å²) in [6.45, 7) is 9.85. The summed E-state index contributed by atoms with van der Waals surface area (Å²) in [5, 5.41) is 20.1. The lowest BCUT2D eigenvalue weighted by Gasteiger charge is -2.28. The average Bonchev–Trinajstić information content (AvgIpc) is 3.24. The number of allylic oxidation sites excluding steroid dienone is 1. The van der Waals surface area contributed by atoms with Crippen LogP contribution in [0.2, 0.25) is 0 Å². The lowest BCUT2D eigenvalue weighted by molar-refractivity contribution is -0.136. The Balaban J connectivity index is 1.44. The average molecular weight is 576 g/mol. The lowest BCUT2D eigenvalue weighted by atomic mass is 9.95.